The van der Waals surface area contributed by atoms with Gasteiger partial charge in [-0.1, -0.05) is 29.8 Å². The molecular weight excluding hydrogens is 389 g/mol. The summed E-state index contributed by atoms with van der Waals surface area (Å²) in [5.74, 6) is 0.705. The van der Waals surface area contributed by atoms with Crippen LogP contribution in [0, 0.1) is 0 Å². The van der Waals surface area contributed by atoms with Crippen LogP contribution in [-0.2, 0) is 6.54 Å². The molecule has 4 rings (SSSR count). The minimum Gasteiger partial charge on any atom is -0.441 e. The van der Waals surface area contributed by atoms with Crippen LogP contribution in [0.1, 0.15) is 15.9 Å². The maximum atomic E-state index is 12.5. The second kappa shape index (κ2) is 6.94. The first-order valence-corrected chi connectivity index (χ1v) is 8.70. The lowest BCUT2D eigenvalue weighted by molar-refractivity contribution is 0.0951. The Hall–Kier alpha value is -3.03. The maximum Gasteiger partial charge on any atom is 0.251 e. The minimum atomic E-state index is -0.297. The molecule has 0 saturated heterocycles. The average Bonchev–Trinajstić information content (AvgIpc) is 3.27. The van der Waals surface area contributed by atoms with Crippen LogP contribution >= 0.6 is 23.2 Å². The van der Waals surface area contributed by atoms with Crippen molar-refractivity contribution in [3.63, 3.8) is 0 Å². The van der Waals surface area contributed by atoms with Crippen LogP contribution in [0.3, 0.4) is 0 Å². The summed E-state index contributed by atoms with van der Waals surface area (Å²) in [5.41, 5.74) is 7.63. The Balaban J connectivity index is 1.60. The van der Waals surface area contributed by atoms with Gasteiger partial charge in [-0.25, -0.2) is 4.98 Å². The molecule has 1 aromatic carbocycles. The summed E-state index contributed by atoms with van der Waals surface area (Å²) in [6.07, 6.45) is 0. The summed E-state index contributed by atoms with van der Waals surface area (Å²) >= 11 is 11.9. The van der Waals surface area contributed by atoms with Crippen molar-refractivity contribution >= 4 is 40.6 Å². The van der Waals surface area contributed by atoms with E-state index in [1.54, 1.807) is 24.3 Å². The number of amides is 1. The number of nitrogens with two attached hydrogens (primary N) is 1. The maximum absolute atomic E-state index is 12.5. The lowest BCUT2D eigenvalue weighted by Gasteiger charge is -2.08. The Labute approximate surface area is 163 Å². The van der Waals surface area contributed by atoms with Crippen LogP contribution < -0.4 is 11.1 Å². The molecule has 7 nitrogen and oxygen atoms in total. The predicted octanol–water partition coefficient (Wildman–Crippen LogP) is 3.81. The van der Waals surface area contributed by atoms with Crippen LogP contribution in [0.5, 0.6) is 0 Å². The molecule has 136 valence electrons. The first-order chi connectivity index (χ1) is 13.0. The standard InChI is InChI=1S/C18H13Cl2N5O2/c19-12-4-2-1-3-10(12)9-22-18(26)11-7-15(21)25-16(8-11)23-17(24-25)13-5-6-14(20)27-13/h1-8H,9,21H2,(H,22,26). The van der Waals surface area contributed by atoms with Gasteiger partial charge in [0, 0.05) is 17.1 Å². The fourth-order valence-electron chi connectivity index (χ4n) is 2.60. The van der Waals surface area contributed by atoms with Gasteiger partial charge in [-0.3, -0.25) is 4.79 Å². The number of carbonyl (C=O) groups excluding carboxylic acids is 1. The second-order valence-electron chi connectivity index (χ2n) is 5.75. The molecule has 0 saturated carbocycles. The molecule has 3 aromatic heterocycles. The van der Waals surface area contributed by atoms with E-state index in [1.807, 2.05) is 18.2 Å². The van der Waals surface area contributed by atoms with Crippen LogP contribution in [-0.4, -0.2) is 20.5 Å². The third-order valence-electron chi connectivity index (χ3n) is 3.92. The number of nitrogens with zero attached hydrogens (tertiary/aromatic N) is 3. The topological polar surface area (TPSA) is 98.5 Å². The highest BCUT2D eigenvalue weighted by molar-refractivity contribution is 6.31. The molecule has 3 heterocycles. The highest BCUT2D eigenvalue weighted by Crippen LogP contribution is 2.23. The molecule has 0 aliphatic rings. The number of aromatic nitrogens is 3. The number of furan rings is 1. The normalized spacial score (nSPS) is 11.0. The quantitative estimate of drug-likeness (QED) is 0.541. The average molecular weight is 402 g/mol. The van der Waals surface area contributed by atoms with Gasteiger partial charge in [0.05, 0.1) is 0 Å². The van der Waals surface area contributed by atoms with E-state index in [0.29, 0.717) is 34.4 Å². The van der Waals surface area contributed by atoms with Crippen molar-refractivity contribution in [3.8, 4) is 11.6 Å². The van der Waals surface area contributed by atoms with E-state index in [0.717, 1.165) is 5.56 Å². The molecule has 0 spiro atoms. The summed E-state index contributed by atoms with van der Waals surface area (Å²) in [4.78, 5) is 16.9. The zero-order valence-corrected chi connectivity index (χ0v) is 15.3. The summed E-state index contributed by atoms with van der Waals surface area (Å²) in [7, 11) is 0. The van der Waals surface area contributed by atoms with Gasteiger partial charge in [-0.15, -0.1) is 5.10 Å². The fourth-order valence-corrected chi connectivity index (χ4v) is 2.95. The number of hydrogen-bond acceptors (Lipinski definition) is 5. The van der Waals surface area contributed by atoms with Gasteiger partial charge in [0.25, 0.3) is 5.91 Å². The smallest absolute Gasteiger partial charge is 0.251 e. The molecule has 0 bridgehead atoms. The second-order valence-corrected chi connectivity index (χ2v) is 6.53. The zero-order valence-electron chi connectivity index (χ0n) is 13.8. The van der Waals surface area contributed by atoms with Gasteiger partial charge in [0.2, 0.25) is 5.82 Å². The first kappa shape index (κ1) is 17.4. The van der Waals surface area contributed by atoms with E-state index in [2.05, 4.69) is 15.4 Å². The lowest BCUT2D eigenvalue weighted by atomic mass is 10.2. The number of halogens is 2. The van der Waals surface area contributed by atoms with E-state index in [-0.39, 0.29) is 16.9 Å². The van der Waals surface area contributed by atoms with Crippen molar-refractivity contribution in [2.45, 2.75) is 6.54 Å². The number of benzene rings is 1. The van der Waals surface area contributed by atoms with Crippen LogP contribution in [0.4, 0.5) is 5.82 Å². The third-order valence-corrected chi connectivity index (χ3v) is 4.49. The van der Waals surface area contributed by atoms with Crippen molar-refractivity contribution in [2.75, 3.05) is 5.73 Å². The summed E-state index contributed by atoms with van der Waals surface area (Å²) in [6.45, 7) is 0.298. The van der Waals surface area contributed by atoms with Gasteiger partial charge in [0.1, 0.15) is 5.82 Å². The molecule has 0 radical (unpaired) electrons. The Bertz CT molecular complexity index is 1150. The molecular formula is C18H13Cl2N5O2. The monoisotopic (exact) mass is 401 g/mol. The SMILES string of the molecule is Nc1cc(C(=O)NCc2ccccc2Cl)cc2nc(-c3ccc(Cl)o3)nn12. The van der Waals surface area contributed by atoms with Crippen LogP contribution in [0.15, 0.2) is 52.9 Å². The molecule has 0 aliphatic carbocycles. The molecule has 0 aliphatic heterocycles. The van der Waals surface area contributed by atoms with Crippen LogP contribution in [0.25, 0.3) is 17.2 Å². The summed E-state index contributed by atoms with van der Waals surface area (Å²) < 4.78 is 6.74. The Morgan fingerprint density at radius 1 is 1.19 bits per heavy atom. The van der Waals surface area contributed by atoms with E-state index in [4.69, 9.17) is 33.4 Å². The molecule has 1 amide bonds. The van der Waals surface area contributed by atoms with Crippen molar-refractivity contribution in [1.82, 2.24) is 19.9 Å². The van der Waals surface area contributed by atoms with E-state index in [1.165, 1.54) is 10.6 Å². The van der Waals surface area contributed by atoms with E-state index >= 15 is 0 Å². The highest BCUT2D eigenvalue weighted by atomic mass is 35.5. The van der Waals surface area contributed by atoms with Crippen molar-refractivity contribution in [1.29, 1.82) is 0 Å². The summed E-state index contributed by atoms with van der Waals surface area (Å²) in [6, 6.07) is 13.7. The van der Waals surface area contributed by atoms with Crippen molar-refractivity contribution < 1.29 is 9.21 Å². The molecule has 0 atom stereocenters. The Kier molecular flexibility index (Phi) is 4.47. The van der Waals surface area contributed by atoms with Gasteiger partial charge in [-0.05, 0) is 47.5 Å². The number of pyridine rings is 1. The number of nitrogen functional groups attached to an aromatic ring is 1. The fraction of sp³-hybridized carbons (Fsp3) is 0.0556. The molecule has 27 heavy (non-hydrogen) atoms. The number of nitrogens with one attached hydrogen (secondary N) is 1. The number of anilines is 1. The third kappa shape index (κ3) is 3.47. The number of rotatable bonds is 4. The van der Waals surface area contributed by atoms with Crippen LogP contribution in [0.2, 0.25) is 10.2 Å². The van der Waals surface area contributed by atoms with Crippen molar-refractivity contribution in [3.05, 3.63) is 69.9 Å². The Morgan fingerprint density at radius 3 is 2.74 bits per heavy atom. The molecule has 3 N–H and O–H groups in total. The lowest BCUT2D eigenvalue weighted by Crippen LogP contribution is -2.23. The molecule has 4 aromatic rings. The zero-order chi connectivity index (χ0) is 19.0. The minimum absolute atomic E-state index is 0.233. The number of hydrogen-bond donors (Lipinski definition) is 2. The van der Waals surface area contributed by atoms with Crippen molar-refractivity contribution in [2.24, 2.45) is 0 Å². The van der Waals surface area contributed by atoms with Gasteiger partial charge in [0.15, 0.2) is 16.6 Å². The van der Waals surface area contributed by atoms with Gasteiger partial charge >= 0.3 is 0 Å². The van der Waals surface area contributed by atoms with E-state index in [9.17, 15) is 4.79 Å². The first-order valence-electron chi connectivity index (χ1n) is 7.95. The Morgan fingerprint density at radius 2 is 2.00 bits per heavy atom. The van der Waals surface area contributed by atoms with Gasteiger partial charge in [-0.2, -0.15) is 4.52 Å². The largest absolute Gasteiger partial charge is 0.441 e. The number of carbonyl (C=O) groups is 1. The number of fused-ring (bicyclic) bond motifs is 1. The van der Waals surface area contributed by atoms with Gasteiger partial charge < -0.3 is 15.5 Å². The molecule has 0 unspecified atom stereocenters. The molecule has 9 heteroatoms. The van der Waals surface area contributed by atoms with E-state index < -0.39 is 0 Å². The summed E-state index contributed by atoms with van der Waals surface area (Å²) in [5, 5.41) is 7.92. The molecule has 0 fully saturated rings. The highest BCUT2D eigenvalue weighted by Gasteiger charge is 2.15. The predicted molar refractivity (Wildman–Crippen MR) is 103 cm³/mol.